The molecule has 30 heavy (non-hydrogen) atoms. The van der Waals surface area contributed by atoms with Crippen molar-refractivity contribution >= 4 is 22.9 Å². The topological polar surface area (TPSA) is 66.5 Å². The minimum absolute atomic E-state index is 0.0204. The molecule has 0 saturated carbocycles. The van der Waals surface area contributed by atoms with Crippen LogP contribution in [0.2, 0.25) is 0 Å². The first-order valence-electron chi connectivity index (χ1n) is 9.85. The van der Waals surface area contributed by atoms with Crippen molar-refractivity contribution in [3.63, 3.8) is 0 Å². The maximum Gasteiger partial charge on any atom is 0.238 e. The summed E-state index contributed by atoms with van der Waals surface area (Å²) in [4.78, 5) is 18.4. The van der Waals surface area contributed by atoms with Gasteiger partial charge in [-0.3, -0.25) is 4.79 Å². The predicted octanol–water partition coefficient (Wildman–Crippen LogP) is 3.82. The number of nitrogens with one attached hydrogen (secondary N) is 2. The fraction of sp³-hybridized carbons (Fsp3) is 0.304. The van der Waals surface area contributed by atoms with E-state index in [0.29, 0.717) is 26.2 Å². The monoisotopic (exact) mass is 424 g/mol. The van der Waals surface area contributed by atoms with Crippen LogP contribution in [0.15, 0.2) is 53.9 Å². The van der Waals surface area contributed by atoms with Gasteiger partial charge in [-0.2, -0.15) is 0 Å². The molecular weight excluding hydrogens is 396 g/mol. The van der Waals surface area contributed by atoms with Gasteiger partial charge in [0.05, 0.1) is 12.2 Å². The van der Waals surface area contributed by atoms with Gasteiger partial charge in [0, 0.05) is 24.2 Å². The number of carbonyl (C=O) groups excluding carboxylic acids is 1. The number of hydrogen-bond donors (Lipinski definition) is 2. The number of amides is 1. The number of carbonyl (C=O) groups is 1. The fourth-order valence-corrected chi connectivity index (χ4v) is 3.56. The van der Waals surface area contributed by atoms with Crippen molar-refractivity contribution in [1.82, 2.24) is 15.2 Å². The van der Waals surface area contributed by atoms with Crippen LogP contribution < -0.4 is 15.4 Å². The molecule has 2 aromatic carbocycles. The first-order valence-corrected chi connectivity index (χ1v) is 10.7. The lowest BCUT2D eigenvalue weighted by atomic mass is 10.2. The van der Waals surface area contributed by atoms with Crippen LogP contribution >= 0.6 is 11.3 Å². The Morgan fingerprint density at radius 2 is 1.93 bits per heavy atom. The molecule has 0 fully saturated rings. The van der Waals surface area contributed by atoms with Crippen molar-refractivity contribution in [2.45, 2.75) is 26.6 Å². The van der Waals surface area contributed by atoms with Gasteiger partial charge in [-0.25, -0.2) is 4.98 Å². The van der Waals surface area contributed by atoms with E-state index >= 15 is 0 Å². The molecule has 0 aliphatic heterocycles. The Labute approximate surface area is 181 Å². The van der Waals surface area contributed by atoms with Gasteiger partial charge >= 0.3 is 0 Å². The van der Waals surface area contributed by atoms with E-state index in [1.165, 1.54) is 5.56 Å². The normalized spacial score (nSPS) is 10.9. The second kappa shape index (κ2) is 10.9. The van der Waals surface area contributed by atoms with Crippen LogP contribution in [0.5, 0.6) is 5.75 Å². The number of benzene rings is 2. The summed E-state index contributed by atoms with van der Waals surface area (Å²) in [7, 11) is 3.75. The van der Waals surface area contributed by atoms with Crippen LogP contribution in [0.4, 0.5) is 5.69 Å². The number of hydrogen-bond acceptors (Lipinski definition) is 6. The molecule has 1 amide bonds. The SMILES string of the molecule is Cc1ccc(OCc2nc(CNCc3cccc(NC(=O)CN(C)C)c3)cs2)cc1. The number of rotatable bonds is 10. The number of likely N-dealkylation sites (N-methyl/N-ethyl adjacent to an activating group) is 1. The van der Waals surface area contributed by atoms with E-state index in [4.69, 9.17) is 4.74 Å². The summed E-state index contributed by atoms with van der Waals surface area (Å²) in [6.07, 6.45) is 0. The van der Waals surface area contributed by atoms with Gasteiger partial charge in [0.25, 0.3) is 0 Å². The van der Waals surface area contributed by atoms with E-state index in [-0.39, 0.29) is 5.91 Å². The van der Waals surface area contributed by atoms with E-state index in [9.17, 15) is 4.79 Å². The average Bonchev–Trinajstić information content (AvgIpc) is 3.15. The standard InChI is InChI=1S/C23H28N4O2S/c1-17-7-9-21(10-8-17)29-15-23-26-20(16-30-23)13-24-12-18-5-4-6-19(11-18)25-22(28)14-27(2)3/h4-11,16,24H,12-15H2,1-3H3,(H,25,28). The number of anilines is 1. The maximum atomic E-state index is 11.9. The maximum absolute atomic E-state index is 11.9. The third kappa shape index (κ3) is 7.26. The summed E-state index contributed by atoms with van der Waals surface area (Å²) in [5, 5.41) is 9.34. The van der Waals surface area contributed by atoms with Crippen molar-refractivity contribution in [1.29, 1.82) is 0 Å². The molecule has 0 aliphatic carbocycles. The van der Waals surface area contributed by atoms with E-state index in [1.54, 1.807) is 11.3 Å². The quantitative estimate of drug-likeness (QED) is 0.518. The number of nitrogens with zero attached hydrogens (tertiary/aromatic N) is 2. The van der Waals surface area contributed by atoms with Crippen molar-refractivity contribution in [3.8, 4) is 5.75 Å². The first-order chi connectivity index (χ1) is 14.5. The highest BCUT2D eigenvalue weighted by Crippen LogP contribution is 2.16. The number of aromatic nitrogens is 1. The zero-order chi connectivity index (χ0) is 21.3. The molecule has 3 aromatic rings. The smallest absolute Gasteiger partial charge is 0.238 e. The lowest BCUT2D eigenvalue weighted by Crippen LogP contribution is -2.27. The fourth-order valence-electron chi connectivity index (χ4n) is 2.86. The van der Waals surface area contributed by atoms with Crippen LogP contribution in [0, 0.1) is 6.92 Å². The molecule has 7 heteroatoms. The van der Waals surface area contributed by atoms with Crippen molar-refractivity contribution < 1.29 is 9.53 Å². The van der Waals surface area contributed by atoms with E-state index < -0.39 is 0 Å². The lowest BCUT2D eigenvalue weighted by molar-refractivity contribution is -0.116. The van der Waals surface area contributed by atoms with Gasteiger partial charge in [-0.15, -0.1) is 11.3 Å². The predicted molar refractivity (Wildman–Crippen MR) is 122 cm³/mol. The Balaban J connectivity index is 1.43. The molecule has 0 spiro atoms. The van der Waals surface area contributed by atoms with Crippen LogP contribution in [0.1, 0.15) is 21.8 Å². The Kier molecular flexibility index (Phi) is 7.96. The van der Waals surface area contributed by atoms with Crippen LogP contribution in [-0.2, 0) is 24.5 Å². The largest absolute Gasteiger partial charge is 0.486 e. The van der Waals surface area contributed by atoms with E-state index in [2.05, 4.69) is 27.9 Å². The highest BCUT2D eigenvalue weighted by Gasteiger charge is 2.06. The Morgan fingerprint density at radius 3 is 2.70 bits per heavy atom. The average molecular weight is 425 g/mol. The molecule has 6 nitrogen and oxygen atoms in total. The van der Waals surface area contributed by atoms with Gasteiger partial charge in [-0.05, 0) is 50.8 Å². The Hall–Kier alpha value is -2.74. The Morgan fingerprint density at radius 1 is 1.13 bits per heavy atom. The molecule has 1 aromatic heterocycles. The highest BCUT2D eigenvalue weighted by molar-refractivity contribution is 7.09. The summed E-state index contributed by atoms with van der Waals surface area (Å²) in [6, 6.07) is 15.9. The molecule has 0 saturated heterocycles. The minimum Gasteiger partial charge on any atom is -0.486 e. The molecule has 1 heterocycles. The summed E-state index contributed by atoms with van der Waals surface area (Å²) < 4.78 is 5.79. The number of thiazole rings is 1. The summed E-state index contributed by atoms with van der Waals surface area (Å²) >= 11 is 1.60. The minimum atomic E-state index is -0.0204. The molecule has 3 rings (SSSR count). The van der Waals surface area contributed by atoms with Crippen molar-refractivity contribution in [3.05, 3.63) is 75.7 Å². The first kappa shape index (κ1) is 22.0. The van der Waals surface area contributed by atoms with Crippen LogP contribution in [0.3, 0.4) is 0 Å². The van der Waals surface area contributed by atoms with Gasteiger partial charge in [0.2, 0.25) is 5.91 Å². The zero-order valence-corrected chi connectivity index (χ0v) is 18.5. The van der Waals surface area contributed by atoms with Crippen molar-refractivity contribution in [2.24, 2.45) is 0 Å². The van der Waals surface area contributed by atoms with Crippen molar-refractivity contribution in [2.75, 3.05) is 26.0 Å². The molecule has 0 unspecified atom stereocenters. The van der Waals surface area contributed by atoms with Gasteiger partial charge in [-0.1, -0.05) is 29.8 Å². The summed E-state index contributed by atoms with van der Waals surface area (Å²) in [5.41, 5.74) is 4.13. The molecule has 0 bridgehead atoms. The second-order valence-electron chi connectivity index (χ2n) is 7.42. The molecule has 0 radical (unpaired) electrons. The van der Waals surface area contributed by atoms with Gasteiger partial charge < -0.3 is 20.3 Å². The number of aryl methyl sites for hydroxylation is 1. The van der Waals surface area contributed by atoms with Gasteiger partial charge in [0.1, 0.15) is 17.4 Å². The third-order valence-electron chi connectivity index (χ3n) is 4.29. The second-order valence-corrected chi connectivity index (χ2v) is 8.37. The van der Waals surface area contributed by atoms with Gasteiger partial charge in [0.15, 0.2) is 0 Å². The Bertz CT molecular complexity index is 954. The molecule has 158 valence electrons. The molecule has 0 atom stereocenters. The third-order valence-corrected chi connectivity index (χ3v) is 5.16. The van der Waals surface area contributed by atoms with E-state index in [1.807, 2.05) is 67.5 Å². The molecular formula is C23H28N4O2S. The van der Waals surface area contributed by atoms with Crippen LogP contribution in [0.25, 0.3) is 0 Å². The highest BCUT2D eigenvalue weighted by atomic mass is 32.1. The zero-order valence-electron chi connectivity index (χ0n) is 17.6. The van der Waals surface area contributed by atoms with Crippen LogP contribution in [-0.4, -0.2) is 36.4 Å². The molecule has 0 aliphatic rings. The molecule has 2 N–H and O–H groups in total. The lowest BCUT2D eigenvalue weighted by Gasteiger charge is -2.11. The summed E-state index contributed by atoms with van der Waals surface area (Å²) in [5.74, 6) is 0.834. The summed E-state index contributed by atoms with van der Waals surface area (Å²) in [6.45, 7) is 4.27. The number of ether oxygens (including phenoxy) is 1. The van der Waals surface area contributed by atoms with E-state index in [0.717, 1.165) is 27.7 Å².